The van der Waals surface area contributed by atoms with Crippen molar-refractivity contribution < 1.29 is 9.84 Å². The molecule has 0 aromatic rings. The summed E-state index contributed by atoms with van der Waals surface area (Å²) in [5.74, 6) is -0.0235. The van der Waals surface area contributed by atoms with Gasteiger partial charge in [-0.05, 0) is 18.4 Å². The largest absolute Gasteiger partial charge is 0.390 e. The van der Waals surface area contributed by atoms with E-state index < -0.39 is 6.10 Å². The van der Waals surface area contributed by atoms with Gasteiger partial charge in [-0.15, -0.1) is 0 Å². The summed E-state index contributed by atoms with van der Waals surface area (Å²) in [7, 11) is 0. The smallest absolute Gasteiger partial charge is 0.0804 e. The van der Waals surface area contributed by atoms with E-state index in [1.165, 1.54) is 0 Å². The van der Waals surface area contributed by atoms with E-state index in [-0.39, 0.29) is 18.1 Å². The molecule has 1 aliphatic rings. The second-order valence-corrected chi connectivity index (χ2v) is 3.16. The number of azide groups is 1. The van der Waals surface area contributed by atoms with Crippen LogP contribution in [0, 0.1) is 5.92 Å². The van der Waals surface area contributed by atoms with Crippen molar-refractivity contribution in [2.24, 2.45) is 11.0 Å². The predicted octanol–water partition coefficient (Wildman–Crippen LogP) is 1.08. The van der Waals surface area contributed by atoms with Gasteiger partial charge in [0.25, 0.3) is 0 Å². The topological polar surface area (TPSA) is 78.2 Å². The number of aliphatic hydroxyl groups excluding tert-OH is 1. The zero-order valence-electron chi connectivity index (χ0n) is 7.21. The molecule has 2 unspecified atom stereocenters. The first-order valence-corrected chi connectivity index (χ1v) is 4.00. The second kappa shape index (κ2) is 3.76. The quantitative estimate of drug-likeness (QED) is 0.364. The highest BCUT2D eigenvalue weighted by molar-refractivity contribution is 4.87. The normalized spacial score (nSPS) is 41.9. The van der Waals surface area contributed by atoms with Crippen LogP contribution in [0.25, 0.3) is 10.4 Å². The van der Waals surface area contributed by atoms with Crippen molar-refractivity contribution in [2.75, 3.05) is 6.61 Å². The Kier molecular flexibility index (Phi) is 2.92. The molecular formula is C7H13N3O2. The van der Waals surface area contributed by atoms with Crippen molar-refractivity contribution in [3.05, 3.63) is 10.4 Å². The average Bonchev–Trinajstić information content (AvgIpc) is 2.06. The summed E-state index contributed by atoms with van der Waals surface area (Å²) in [6.45, 7) is 4.05. The van der Waals surface area contributed by atoms with E-state index in [4.69, 9.17) is 10.3 Å². The van der Waals surface area contributed by atoms with Gasteiger partial charge >= 0.3 is 0 Å². The third-order valence-electron chi connectivity index (χ3n) is 2.34. The summed E-state index contributed by atoms with van der Waals surface area (Å²) in [5, 5.41) is 13.0. The Morgan fingerprint density at radius 1 is 1.58 bits per heavy atom. The number of aliphatic hydroxyl groups is 1. The zero-order chi connectivity index (χ0) is 9.14. The summed E-state index contributed by atoms with van der Waals surface area (Å²) >= 11 is 0. The van der Waals surface area contributed by atoms with Gasteiger partial charge in [0.2, 0.25) is 0 Å². The van der Waals surface area contributed by atoms with Gasteiger partial charge in [-0.3, -0.25) is 0 Å². The molecule has 0 aromatic heterocycles. The van der Waals surface area contributed by atoms with Gasteiger partial charge in [-0.2, -0.15) is 0 Å². The Morgan fingerprint density at radius 3 is 2.83 bits per heavy atom. The van der Waals surface area contributed by atoms with Crippen molar-refractivity contribution in [3.8, 4) is 0 Å². The van der Waals surface area contributed by atoms with E-state index in [1.807, 2.05) is 13.8 Å². The first-order chi connectivity index (χ1) is 5.66. The Bertz CT molecular complexity index is 203. The lowest BCUT2D eigenvalue weighted by atomic mass is 9.91. The molecule has 0 radical (unpaired) electrons. The van der Waals surface area contributed by atoms with Crippen LogP contribution in [-0.2, 0) is 4.74 Å². The van der Waals surface area contributed by atoms with E-state index in [0.717, 1.165) is 0 Å². The molecule has 1 fully saturated rings. The maximum atomic E-state index is 9.38. The summed E-state index contributed by atoms with van der Waals surface area (Å²) in [4.78, 5) is 2.73. The van der Waals surface area contributed by atoms with Crippen LogP contribution in [-0.4, -0.2) is 30.0 Å². The highest BCUT2D eigenvalue weighted by atomic mass is 16.5. The standard InChI is InChI=1S/C7H13N3O2/c1-4-6(11)3-12-5(2)7(4)9-10-8/h4-7,11H,3H2,1-2H3/t4-,5?,6?,7+/m1/s1. The third-order valence-corrected chi connectivity index (χ3v) is 2.34. The van der Waals surface area contributed by atoms with E-state index in [1.54, 1.807) is 0 Å². The molecule has 0 aromatic carbocycles. The lowest BCUT2D eigenvalue weighted by molar-refractivity contribution is -0.0884. The number of nitrogens with zero attached hydrogens (tertiary/aromatic N) is 3. The monoisotopic (exact) mass is 171 g/mol. The van der Waals surface area contributed by atoms with Gasteiger partial charge in [-0.25, -0.2) is 0 Å². The number of hydrogen-bond donors (Lipinski definition) is 1. The molecule has 12 heavy (non-hydrogen) atoms. The minimum Gasteiger partial charge on any atom is -0.390 e. The minimum absolute atomic E-state index is 0.0235. The van der Waals surface area contributed by atoms with Crippen molar-refractivity contribution in [1.29, 1.82) is 0 Å². The minimum atomic E-state index is -0.517. The molecular weight excluding hydrogens is 158 g/mol. The molecule has 0 spiro atoms. The fraction of sp³-hybridized carbons (Fsp3) is 1.00. The van der Waals surface area contributed by atoms with E-state index in [9.17, 15) is 5.11 Å². The van der Waals surface area contributed by atoms with Gasteiger partial charge in [0.05, 0.1) is 24.9 Å². The van der Waals surface area contributed by atoms with Gasteiger partial charge in [0.1, 0.15) is 0 Å². The number of ether oxygens (including phenoxy) is 1. The van der Waals surface area contributed by atoms with Crippen LogP contribution in [0.2, 0.25) is 0 Å². The SMILES string of the molecule is CC1OCC(O)[C@@H](C)[C@@H]1N=[N+]=[N-]. The lowest BCUT2D eigenvalue weighted by Gasteiger charge is -2.34. The first kappa shape index (κ1) is 9.32. The molecule has 1 N–H and O–H groups in total. The van der Waals surface area contributed by atoms with Crippen LogP contribution in [0.3, 0.4) is 0 Å². The van der Waals surface area contributed by atoms with Gasteiger partial charge in [0, 0.05) is 4.91 Å². The first-order valence-electron chi connectivity index (χ1n) is 4.00. The molecule has 1 aliphatic heterocycles. The molecule has 5 nitrogen and oxygen atoms in total. The Hall–Kier alpha value is -0.770. The van der Waals surface area contributed by atoms with Crippen LogP contribution in [0.1, 0.15) is 13.8 Å². The van der Waals surface area contributed by atoms with E-state index in [0.29, 0.717) is 6.61 Å². The van der Waals surface area contributed by atoms with Crippen molar-refractivity contribution in [2.45, 2.75) is 32.1 Å². The number of hydrogen-bond acceptors (Lipinski definition) is 3. The maximum Gasteiger partial charge on any atom is 0.0804 e. The van der Waals surface area contributed by atoms with Crippen molar-refractivity contribution in [1.82, 2.24) is 0 Å². The second-order valence-electron chi connectivity index (χ2n) is 3.16. The summed E-state index contributed by atoms with van der Waals surface area (Å²) in [5.41, 5.74) is 8.26. The molecule has 1 saturated heterocycles. The average molecular weight is 171 g/mol. The van der Waals surface area contributed by atoms with Crippen LogP contribution >= 0.6 is 0 Å². The van der Waals surface area contributed by atoms with Gasteiger partial charge in [0.15, 0.2) is 0 Å². The number of rotatable bonds is 1. The van der Waals surface area contributed by atoms with Crippen LogP contribution in [0.5, 0.6) is 0 Å². The fourth-order valence-corrected chi connectivity index (χ4v) is 1.41. The molecule has 1 heterocycles. The Balaban J connectivity index is 2.71. The molecule has 4 atom stereocenters. The highest BCUT2D eigenvalue weighted by Gasteiger charge is 2.33. The summed E-state index contributed by atoms with van der Waals surface area (Å²) < 4.78 is 5.21. The zero-order valence-corrected chi connectivity index (χ0v) is 7.21. The molecule has 0 saturated carbocycles. The molecule has 68 valence electrons. The maximum absolute atomic E-state index is 9.38. The van der Waals surface area contributed by atoms with Crippen LogP contribution in [0.15, 0.2) is 5.11 Å². The Labute approximate surface area is 71.0 Å². The van der Waals surface area contributed by atoms with Crippen molar-refractivity contribution in [3.63, 3.8) is 0 Å². The molecule has 0 aliphatic carbocycles. The van der Waals surface area contributed by atoms with Gasteiger partial charge in [-0.1, -0.05) is 12.0 Å². The third kappa shape index (κ3) is 1.69. The molecule has 0 bridgehead atoms. The summed E-state index contributed by atoms with van der Waals surface area (Å²) in [6.07, 6.45) is -0.615. The van der Waals surface area contributed by atoms with Crippen LogP contribution < -0.4 is 0 Å². The lowest BCUT2D eigenvalue weighted by Crippen LogP contribution is -2.45. The molecule has 1 rings (SSSR count). The molecule has 5 heteroatoms. The van der Waals surface area contributed by atoms with Crippen LogP contribution in [0.4, 0.5) is 0 Å². The Morgan fingerprint density at radius 2 is 2.25 bits per heavy atom. The van der Waals surface area contributed by atoms with Gasteiger partial charge < -0.3 is 9.84 Å². The highest BCUT2D eigenvalue weighted by Crippen LogP contribution is 2.23. The van der Waals surface area contributed by atoms with Crippen molar-refractivity contribution >= 4 is 0 Å². The predicted molar refractivity (Wildman–Crippen MR) is 43.5 cm³/mol. The fourth-order valence-electron chi connectivity index (χ4n) is 1.41. The summed E-state index contributed by atoms with van der Waals surface area (Å²) in [6, 6.07) is -0.251. The van der Waals surface area contributed by atoms with E-state index >= 15 is 0 Å². The van der Waals surface area contributed by atoms with E-state index in [2.05, 4.69) is 10.0 Å². The molecule has 0 amide bonds.